The Bertz CT molecular complexity index is 1050. The number of carbonyl (C=O) groups excluding carboxylic acids is 1. The number of benzene rings is 2. The molecule has 11 heteroatoms. The van der Waals surface area contributed by atoms with Crippen molar-refractivity contribution >= 4 is 27.5 Å². The summed E-state index contributed by atoms with van der Waals surface area (Å²) in [6.45, 7) is 2.83. The Hall–Kier alpha value is -2.50. The first kappa shape index (κ1) is 28.1. The highest BCUT2D eigenvalue weighted by molar-refractivity contribution is 9.10. The van der Waals surface area contributed by atoms with Crippen LogP contribution in [0.4, 0.5) is 18.9 Å². The second-order valence-corrected chi connectivity index (χ2v) is 9.65. The molecule has 1 atom stereocenters. The third-order valence-electron chi connectivity index (χ3n) is 5.76. The molecule has 3 rings (SSSR count). The standard InChI is InChI=1S/C25H31BrF3N3O4/c1-16(31-6-10-35-22-14-19(26)3-4-21(22)36-15-25(27,28)29)11-17-12-18-5-8-32(7-2-9-33)23(18)20(13-17)24(30)34/h3-4,12-14,16,31,33H,2,5-11,15H2,1H3,(H2,30,34)/t16-/m1/s1. The molecule has 36 heavy (non-hydrogen) atoms. The lowest BCUT2D eigenvalue weighted by Crippen LogP contribution is -2.32. The van der Waals surface area contributed by atoms with Gasteiger partial charge in [0.1, 0.15) is 6.61 Å². The van der Waals surface area contributed by atoms with E-state index in [2.05, 4.69) is 32.2 Å². The van der Waals surface area contributed by atoms with Crippen LogP contribution in [0, 0.1) is 0 Å². The van der Waals surface area contributed by atoms with E-state index in [4.69, 9.17) is 20.3 Å². The number of primary amides is 1. The molecular formula is C25H31BrF3N3O4. The number of nitrogens with zero attached hydrogens (tertiary/aromatic N) is 1. The monoisotopic (exact) mass is 573 g/mol. The highest BCUT2D eigenvalue weighted by Gasteiger charge is 2.29. The van der Waals surface area contributed by atoms with E-state index in [-0.39, 0.29) is 30.8 Å². The number of nitrogens with two attached hydrogens (primary N) is 1. The Morgan fingerprint density at radius 1 is 1.25 bits per heavy atom. The molecule has 198 valence electrons. The summed E-state index contributed by atoms with van der Waals surface area (Å²) < 4.78 is 48.7. The van der Waals surface area contributed by atoms with E-state index in [1.165, 1.54) is 6.07 Å². The van der Waals surface area contributed by atoms with E-state index >= 15 is 0 Å². The Morgan fingerprint density at radius 3 is 2.72 bits per heavy atom. The van der Waals surface area contributed by atoms with Crippen molar-refractivity contribution < 1.29 is 32.5 Å². The fraction of sp³-hybridized carbons (Fsp3) is 0.480. The van der Waals surface area contributed by atoms with Crippen LogP contribution in [0.5, 0.6) is 11.5 Å². The Balaban J connectivity index is 1.56. The van der Waals surface area contributed by atoms with E-state index in [0.717, 1.165) is 29.8 Å². The Kier molecular flexibility index (Phi) is 9.86. The topological polar surface area (TPSA) is 97.1 Å². The second kappa shape index (κ2) is 12.6. The fourth-order valence-corrected chi connectivity index (χ4v) is 4.59. The third kappa shape index (κ3) is 8.01. The van der Waals surface area contributed by atoms with Gasteiger partial charge in [-0.05, 0) is 61.6 Å². The number of fused-ring (bicyclic) bond motifs is 1. The number of halogens is 4. The predicted molar refractivity (Wildman–Crippen MR) is 135 cm³/mol. The van der Waals surface area contributed by atoms with Crippen LogP contribution in [0.25, 0.3) is 0 Å². The van der Waals surface area contributed by atoms with Gasteiger partial charge in [-0.15, -0.1) is 0 Å². The highest BCUT2D eigenvalue weighted by atomic mass is 79.9. The minimum atomic E-state index is -4.44. The van der Waals surface area contributed by atoms with Crippen LogP contribution in [0.1, 0.15) is 34.8 Å². The molecular weight excluding hydrogens is 543 g/mol. The normalized spacial score (nSPS) is 14.0. The van der Waals surface area contributed by atoms with Gasteiger partial charge in [0, 0.05) is 36.8 Å². The highest BCUT2D eigenvalue weighted by Crippen LogP contribution is 2.34. The van der Waals surface area contributed by atoms with Crippen molar-refractivity contribution in [1.82, 2.24) is 5.32 Å². The number of anilines is 1. The lowest BCUT2D eigenvalue weighted by molar-refractivity contribution is -0.153. The summed E-state index contributed by atoms with van der Waals surface area (Å²) in [6.07, 6.45) is -2.35. The first-order valence-electron chi connectivity index (χ1n) is 11.7. The summed E-state index contributed by atoms with van der Waals surface area (Å²) in [4.78, 5) is 14.3. The van der Waals surface area contributed by atoms with Crippen molar-refractivity contribution in [3.8, 4) is 11.5 Å². The van der Waals surface area contributed by atoms with Crippen molar-refractivity contribution in [3.63, 3.8) is 0 Å². The summed E-state index contributed by atoms with van der Waals surface area (Å²) in [5.41, 5.74) is 9.11. The maximum atomic E-state index is 12.5. The number of carbonyl (C=O) groups is 1. The van der Waals surface area contributed by atoms with Crippen LogP contribution in [-0.4, -0.2) is 62.7 Å². The van der Waals surface area contributed by atoms with Gasteiger partial charge in [-0.2, -0.15) is 13.2 Å². The average molecular weight is 574 g/mol. The number of amides is 1. The minimum Gasteiger partial charge on any atom is -0.488 e. The molecule has 0 fully saturated rings. The van der Waals surface area contributed by atoms with Crippen molar-refractivity contribution in [3.05, 3.63) is 51.5 Å². The molecule has 7 nitrogen and oxygen atoms in total. The number of aliphatic hydroxyl groups is 1. The van der Waals surface area contributed by atoms with Crippen LogP contribution in [-0.2, 0) is 12.8 Å². The first-order valence-corrected chi connectivity index (χ1v) is 12.5. The van der Waals surface area contributed by atoms with Crippen molar-refractivity contribution in [2.45, 2.75) is 38.4 Å². The molecule has 1 aliphatic heterocycles. The molecule has 4 N–H and O–H groups in total. The van der Waals surface area contributed by atoms with Crippen molar-refractivity contribution in [2.75, 3.05) is 44.4 Å². The van der Waals surface area contributed by atoms with Gasteiger partial charge in [-0.25, -0.2) is 0 Å². The number of rotatable bonds is 13. The molecule has 1 aliphatic rings. The van der Waals surface area contributed by atoms with Gasteiger partial charge in [0.2, 0.25) is 0 Å². The lowest BCUT2D eigenvalue weighted by Gasteiger charge is -2.22. The number of aliphatic hydroxyl groups excluding tert-OH is 1. The molecule has 0 unspecified atom stereocenters. The van der Waals surface area contributed by atoms with Crippen molar-refractivity contribution in [1.29, 1.82) is 0 Å². The summed E-state index contributed by atoms with van der Waals surface area (Å²) in [5.74, 6) is -0.233. The number of hydrogen-bond donors (Lipinski definition) is 3. The van der Waals surface area contributed by atoms with E-state index < -0.39 is 18.7 Å². The van der Waals surface area contributed by atoms with E-state index in [1.807, 2.05) is 13.0 Å². The van der Waals surface area contributed by atoms with E-state index in [0.29, 0.717) is 36.0 Å². The van der Waals surface area contributed by atoms with E-state index in [9.17, 15) is 18.0 Å². The molecule has 0 saturated heterocycles. The molecule has 2 aromatic rings. The molecule has 1 heterocycles. The SMILES string of the molecule is C[C@H](Cc1cc2c(c(C(N)=O)c1)N(CCCO)CC2)NCCOc1cc(Br)ccc1OCC(F)(F)F. The van der Waals surface area contributed by atoms with Gasteiger partial charge in [-0.3, -0.25) is 4.79 Å². The molecule has 0 aliphatic carbocycles. The van der Waals surface area contributed by atoms with Crippen LogP contribution in [0.3, 0.4) is 0 Å². The predicted octanol–water partition coefficient (Wildman–Crippen LogP) is 3.83. The van der Waals surface area contributed by atoms with Crippen LogP contribution >= 0.6 is 15.9 Å². The Morgan fingerprint density at radius 2 is 2.03 bits per heavy atom. The van der Waals surface area contributed by atoms with Gasteiger partial charge in [0.15, 0.2) is 18.1 Å². The maximum absolute atomic E-state index is 12.5. The number of alkyl halides is 3. The van der Waals surface area contributed by atoms with Gasteiger partial charge in [-0.1, -0.05) is 22.0 Å². The van der Waals surface area contributed by atoms with Gasteiger partial charge in [0.05, 0.1) is 11.3 Å². The lowest BCUT2D eigenvalue weighted by atomic mass is 9.98. The molecule has 0 bridgehead atoms. The molecule has 0 saturated carbocycles. The second-order valence-electron chi connectivity index (χ2n) is 8.73. The van der Waals surface area contributed by atoms with Crippen LogP contribution < -0.4 is 25.4 Å². The quantitative estimate of drug-likeness (QED) is 0.315. The number of nitrogens with one attached hydrogen (secondary N) is 1. The van der Waals surface area contributed by atoms with Crippen LogP contribution in [0.2, 0.25) is 0 Å². The van der Waals surface area contributed by atoms with Gasteiger partial charge in [0.25, 0.3) is 5.91 Å². The molecule has 0 aromatic heterocycles. The zero-order valence-corrected chi connectivity index (χ0v) is 21.6. The summed E-state index contributed by atoms with van der Waals surface area (Å²) in [5, 5.41) is 12.5. The average Bonchev–Trinajstić information content (AvgIpc) is 3.21. The summed E-state index contributed by atoms with van der Waals surface area (Å²) in [6, 6.07) is 8.55. The minimum absolute atomic E-state index is 0.0220. The Labute approximate surface area is 216 Å². The third-order valence-corrected chi connectivity index (χ3v) is 6.25. The molecule has 0 spiro atoms. The van der Waals surface area contributed by atoms with E-state index in [1.54, 1.807) is 12.1 Å². The largest absolute Gasteiger partial charge is 0.488 e. The van der Waals surface area contributed by atoms with Gasteiger partial charge < -0.3 is 30.5 Å². The number of hydrogen-bond acceptors (Lipinski definition) is 6. The van der Waals surface area contributed by atoms with Gasteiger partial charge >= 0.3 is 6.18 Å². The smallest absolute Gasteiger partial charge is 0.422 e. The maximum Gasteiger partial charge on any atom is 0.422 e. The zero-order chi connectivity index (χ0) is 26.3. The molecule has 1 amide bonds. The summed E-state index contributed by atoms with van der Waals surface area (Å²) in [7, 11) is 0. The first-order chi connectivity index (χ1) is 17.1. The zero-order valence-electron chi connectivity index (χ0n) is 20.0. The van der Waals surface area contributed by atoms with Crippen LogP contribution in [0.15, 0.2) is 34.8 Å². The fourth-order valence-electron chi connectivity index (χ4n) is 4.25. The number of ether oxygens (including phenoxy) is 2. The summed E-state index contributed by atoms with van der Waals surface area (Å²) >= 11 is 3.29. The molecule has 0 radical (unpaired) electrons. The molecule has 2 aromatic carbocycles. The van der Waals surface area contributed by atoms with Crippen molar-refractivity contribution in [2.24, 2.45) is 5.73 Å².